The monoisotopic (exact) mass is 197 g/mol. The van der Waals surface area contributed by atoms with E-state index in [1.807, 2.05) is 58.0 Å². The summed E-state index contributed by atoms with van der Waals surface area (Å²) in [7, 11) is 0. The van der Waals surface area contributed by atoms with Crippen molar-refractivity contribution in [3.63, 3.8) is 0 Å². The van der Waals surface area contributed by atoms with Gasteiger partial charge < -0.3 is 10.8 Å². The Labute approximate surface area is 87.8 Å². The van der Waals surface area contributed by atoms with Crippen LogP contribution in [0.2, 0.25) is 0 Å². The van der Waals surface area contributed by atoms with Gasteiger partial charge in [0, 0.05) is 6.54 Å². The fourth-order valence-corrected chi connectivity index (χ4v) is 0.811. The fraction of sp³-hybridized carbons (Fsp3) is 0.500. The Morgan fingerprint density at radius 1 is 1.07 bits per heavy atom. The van der Waals surface area contributed by atoms with Crippen molar-refractivity contribution in [2.75, 3.05) is 6.54 Å². The van der Waals surface area contributed by atoms with Crippen molar-refractivity contribution >= 4 is 0 Å². The molecule has 1 aromatic carbocycles. The molecule has 0 aliphatic heterocycles. The smallest absolute Gasteiger partial charge is 0.0912 e. The van der Waals surface area contributed by atoms with Crippen LogP contribution in [0, 0.1) is 0 Å². The maximum absolute atomic E-state index is 9.20. The molecule has 3 N–H and O–H groups in total. The Kier molecular flexibility index (Phi) is 13.5. The average molecular weight is 197 g/mol. The third kappa shape index (κ3) is 6.63. The lowest BCUT2D eigenvalue weighted by molar-refractivity contribution is 0.187. The second-order valence-electron chi connectivity index (χ2n) is 2.16. The number of hydrogen-bond acceptors (Lipinski definition) is 2. The molecule has 0 spiro atoms. The van der Waals surface area contributed by atoms with E-state index < -0.39 is 6.10 Å². The van der Waals surface area contributed by atoms with Gasteiger partial charge in [0.2, 0.25) is 0 Å². The summed E-state index contributed by atoms with van der Waals surface area (Å²) >= 11 is 0. The van der Waals surface area contributed by atoms with Crippen LogP contribution in [0.4, 0.5) is 0 Å². The molecule has 2 nitrogen and oxygen atoms in total. The molecule has 0 aliphatic rings. The molecule has 14 heavy (non-hydrogen) atoms. The number of aliphatic hydroxyl groups excluding tert-OH is 1. The van der Waals surface area contributed by atoms with Crippen molar-refractivity contribution in [2.24, 2.45) is 5.73 Å². The highest BCUT2D eigenvalue weighted by Gasteiger charge is 2.01. The zero-order chi connectivity index (χ0) is 11.4. The van der Waals surface area contributed by atoms with E-state index in [9.17, 15) is 5.11 Å². The summed E-state index contributed by atoms with van der Waals surface area (Å²) in [6, 6.07) is 9.39. The van der Waals surface area contributed by atoms with Crippen LogP contribution in [0.15, 0.2) is 30.3 Å². The summed E-state index contributed by atoms with van der Waals surface area (Å²) in [5.74, 6) is 0. The predicted molar refractivity (Wildman–Crippen MR) is 63.2 cm³/mol. The minimum Gasteiger partial charge on any atom is -0.387 e. The molecule has 0 aliphatic carbocycles. The van der Waals surface area contributed by atoms with E-state index in [1.54, 1.807) is 0 Å². The molecule has 0 heterocycles. The zero-order valence-corrected chi connectivity index (χ0v) is 9.70. The van der Waals surface area contributed by atoms with Crippen LogP contribution >= 0.6 is 0 Å². The molecule has 82 valence electrons. The largest absolute Gasteiger partial charge is 0.387 e. The van der Waals surface area contributed by atoms with E-state index >= 15 is 0 Å². The average Bonchev–Trinajstić information content (AvgIpc) is 2.34. The molecule has 0 bridgehead atoms. The van der Waals surface area contributed by atoms with Crippen LogP contribution < -0.4 is 5.73 Å². The summed E-state index contributed by atoms with van der Waals surface area (Å²) in [6.07, 6.45) is -0.513. The summed E-state index contributed by atoms with van der Waals surface area (Å²) in [5, 5.41) is 9.20. The van der Waals surface area contributed by atoms with Gasteiger partial charge in [-0.1, -0.05) is 58.0 Å². The van der Waals surface area contributed by atoms with Gasteiger partial charge in [0.05, 0.1) is 6.10 Å². The predicted octanol–water partition coefficient (Wildman–Crippen LogP) is 2.73. The zero-order valence-electron chi connectivity index (χ0n) is 9.70. The van der Waals surface area contributed by atoms with Crippen LogP contribution in [-0.2, 0) is 0 Å². The molecule has 0 amide bonds. The molecule has 1 aromatic rings. The van der Waals surface area contributed by atoms with E-state index in [2.05, 4.69) is 0 Å². The van der Waals surface area contributed by atoms with Gasteiger partial charge in [-0.15, -0.1) is 0 Å². The van der Waals surface area contributed by atoms with E-state index in [0.717, 1.165) is 5.56 Å². The summed E-state index contributed by atoms with van der Waals surface area (Å²) in [5.41, 5.74) is 6.13. The van der Waals surface area contributed by atoms with Crippen molar-refractivity contribution in [1.82, 2.24) is 0 Å². The van der Waals surface area contributed by atoms with E-state index in [1.165, 1.54) is 0 Å². The van der Waals surface area contributed by atoms with Gasteiger partial charge >= 0.3 is 0 Å². The van der Waals surface area contributed by atoms with Crippen molar-refractivity contribution in [2.45, 2.75) is 33.8 Å². The Morgan fingerprint density at radius 2 is 1.50 bits per heavy atom. The molecular weight excluding hydrogens is 174 g/mol. The molecule has 0 unspecified atom stereocenters. The number of nitrogens with two attached hydrogens (primary N) is 1. The standard InChI is InChI=1S/C8H11NO.2C2H6/c9-6-8(10)7-4-2-1-3-5-7;2*1-2/h1-5,8,10H,6,9H2;2*1-2H3/t8-;;/m0../s1. The lowest BCUT2D eigenvalue weighted by Gasteiger charge is -2.05. The molecule has 2 heteroatoms. The molecule has 0 radical (unpaired) electrons. The Morgan fingerprint density at radius 3 is 1.86 bits per heavy atom. The van der Waals surface area contributed by atoms with Crippen LogP contribution in [0.3, 0.4) is 0 Å². The van der Waals surface area contributed by atoms with Gasteiger partial charge in [0.25, 0.3) is 0 Å². The number of hydrogen-bond donors (Lipinski definition) is 2. The lowest BCUT2D eigenvalue weighted by Crippen LogP contribution is -2.10. The minimum absolute atomic E-state index is 0.282. The maximum Gasteiger partial charge on any atom is 0.0912 e. The normalized spacial score (nSPS) is 10.1. The van der Waals surface area contributed by atoms with Crippen LogP contribution in [0.25, 0.3) is 0 Å². The lowest BCUT2D eigenvalue weighted by atomic mass is 10.1. The molecule has 0 saturated carbocycles. The molecule has 1 atom stereocenters. The summed E-state index contributed by atoms with van der Waals surface area (Å²) < 4.78 is 0. The highest BCUT2D eigenvalue weighted by molar-refractivity contribution is 5.17. The van der Waals surface area contributed by atoms with Crippen molar-refractivity contribution in [3.8, 4) is 0 Å². The van der Waals surface area contributed by atoms with E-state index in [0.29, 0.717) is 0 Å². The Hall–Kier alpha value is -0.860. The highest BCUT2D eigenvalue weighted by atomic mass is 16.3. The van der Waals surface area contributed by atoms with Gasteiger partial charge in [-0.2, -0.15) is 0 Å². The topological polar surface area (TPSA) is 46.2 Å². The van der Waals surface area contributed by atoms with Gasteiger partial charge in [-0.25, -0.2) is 0 Å². The fourth-order valence-electron chi connectivity index (χ4n) is 0.811. The van der Waals surface area contributed by atoms with Gasteiger partial charge in [-0.3, -0.25) is 0 Å². The molecular formula is C12H23NO. The summed E-state index contributed by atoms with van der Waals surface area (Å²) in [6.45, 7) is 8.28. The molecule has 0 aromatic heterocycles. The van der Waals surface area contributed by atoms with Gasteiger partial charge in [0.1, 0.15) is 0 Å². The number of rotatable bonds is 2. The molecule has 1 rings (SSSR count). The first-order valence-corrected chi connectivity index (χ1v) is 5.27. The first-order valence-electron chi connectivity index (χ1n) is 5.27. The van der Waals surface area contributed by atoms with Gasteiger partial charge in [-0.05, 0) is 5.56 Å². The van der Waals surface area contributed by atoms with Gasteiger partial charge in [0.15, 0.2) is 0 Å². The first-order chi connectivity index (χ1) is 6.84. The van der Waals surface area contributed by atoms with Crippen molar-refractivity contribution in [3.05, 3.63) is 35.9 Å². The first kappa shape index (κ1) is 15.6. The van der Waals surface area contributed by atoms with Crippen LogP contribution in [0.5, 0.6) is 0 Å². The van der Waals surface area contributed by atoms with Crippen molar-refractivity contribution < 1.29 is 5.11 Å². The van der Waals surface area contributed by atoms with Crippen LogP contribution in [-0.4, -0.2) is 11.7 Å². The van der Waals surface area contributed by atoms with Crippen LogP contribution in [0.1, 0.15) is 39.4 Å². The maximum atomic E-state index is 9.20. The second kappa shape index (κ2) is 12.1. The second-order valence-corrected chi connectivity index (χ2v) is 2.16. The molecule has 0 saturated heterocycles. The third-order valence-electron chi connectivity index (χ3n) is 1.41. The van der Waals surface area contributed by atoms with E-state index in [4.69, 9.17) is 5.73 Å². The highest BCUT2D eigenvalue weighted by Crippen LogP contribution is 2.08. The minimum atomic E-state index is -0.513. The molecule has 0 fully saturated rings. The SMILES string of the molecule is CC.CC.NC[C@H](O)c1ccccc1. The Balaban J connectivity index is 0. The summed E-state index contributed by atoms with van der Waals surface area (Å²) in [4.78, 5) is 0. The third-order valence-corrected chi connectivity index (χ3v) is 1.41. The quantitative estimate of drug-likeness (QED) is 0.765. The number of benzene rings is 1. The van der Waals surface area contributed by atoms with Crippen molar-refractivity contribution in [1.29, 1.82) is 0 Å². The van der Waals surface area contributed by atoms with E-state index in [-0.39, 0.29) is 6.54 Å². The number of aliphatic hydroxyl groups is 1. The Bertz CT molecular complexity index is 187.